The minimum Gasteiger partial charge on any atom is -0.488 e. The molecule has 0 spiro atoms. The number of hydrogen-bond acceptors (Lipinski definition) is 1. The first kappa shape index (κ1) is 22.0. The second kappa shape index (κ2) is 14.2. The minimum atomic E-state index is 0.801. The number of quaternary nitrogens is 1. The molecule has 0 bridgehead atoms. The highest BCUT2D eigenvalue weighted by Crippen LogP contribution is 2.13. The summed E-state index contributed by atoms with van der Waals surface area (Å²) < 4.78 is 6.89. The van der Waals surface area contributed by atoms with Crippen molar-refractivity contribution in [3.63, 3.8) is 0 Å². The topological polar surface area (TPSA) is 9.23 Å². The quantitative estimate of drug-likeness (QED) is 0.246. The Morgan fingerprint density at radius 1 is 0.680 bits per heavy atom. The summed E-state index contributed by atoms with van der Waals surface area (Å²) in [5.41, 5.74) is 0. The van der Waals surface area contributed by atoms with Crippen LogP contribution in [0.15, 0.2) is 30.3 Å². The van der Waals surface area contributed by atoms with Gasteiger partial charge in [-0.3, -0.25) is 0 Å². The van der Waals surface area contributed by atoms with Crippen molar-refractivity contribution in [1.29, 1.82) is 0 Å². The Morgan fingerprint density at radius 3 is 1.76 bits per heavy atom. The van der Waals surface area contributed by atoms with Crippen LogP contribution in [0.25, 0.3) is 0 Å². The number of hydrogen-bond donors (Lipinski definition) is 0. The van der Waals surface area contributed by atoms with E-state index in [9.17, 15) is 0 Å². The Hall–Kier alpha value is -1.02. The monoisotopic (exact) mass is 348 g/mol. The molecule has 0 unspecified atom stereocenters. The van der Waals surface area contributed by atoms with E-state index in [0.29, 0.717) is 0 Å². The molecule has 0 aliphatic carbocycles. The predicted octanol–water partition coefficient (Wildman–Crippen LogP) is 6.45. The predicted molar refractivity (Wildman–Crippen MR) is 110 cm³/mol. The number of rotatable bonds is 16. The van der Waals surface area contributed by atoms with Crippen LogP contribution in [0.5, 0.6) is 5.75 Å². The van der Waals surface area contributed by atoms with E-state index in [1.54, 1.807) is 0 Å². The zero-order chi connectivity index (χ0) is 18.2. The largest absolute Gasteiger partial charge is 0.488 e. The van der Waals surface area contributed by atoms with Gasteiger partial charge in [-0.25, -0.2) is 0 Å². The lowest BCUT2D eigenvalue weighted by molar-refractivity contribution is -0.890. The standard InChI is InChI=1S/C23H42NO/c1-4-5-6-7-8-9-10-11-12-13-17-20-24(2,3)21-22-25-23-18-15-14-16-19-23/h14-16,18-19H,4-13,17,20-22H2,1-3H3/q+1. The molecule has 0 N–H and O–H groups in total. The van der Waals surface area contributed by atoms with Gasteiger partial charge in [0.25, 0.3) is 0 Å². The van der Waals surface area contributed by atoms with Crippen LogP contribution < -0.4 is 4.74 Å². The summed E-state index contributed by atoms with van der Waals surface area (Å²) in [4.78, 5) is 0. The molecule has 1 aromatic rings. The zero-order valence-corrected chi connectivity index (χ0v) is 17.1. The van der Waals surface area contributed by atoms with Gasteiger partial charge in [0.05, 0.1) is 20.6 Å². The molecule has 0 aliphatic rings. The first-order valence-electron chi connectivity index (χ1n) is 10.6. The number of para-hydroxylation sites is 1. The van der Waals surface area contributed by atoms with Gasteiger partial charge in [0, 0.05) is 0 Å². The molecule has 0 aliphatic heterocycles. The van der Waals surface area contributed by atoms with Crippen molar-refractivity contribution >= 4 is 0 Å². The molecule has 25 heavy (non-hydrogen) atoms. The van der Waals surface area contributed by atoms with Crippen molar-refractivity contribution < 1.29 is 9.22 Å². The molecule has 0 heterocycles. The van der Waals surface area contributed by atoms with E-state index in [0.717, 1.165) is 23.4 Å². The van der Waals surface area contributed by atoms with Crippen LogP contribution in [0.1, 0.15) is 77.6 Å². The Kier molecular flexibility index (Phi) is 12.5. The highest BCUT2D eigenvalue weighted by atomic mass is 16.5. The molecule has 1 rings (SSSR count). The normalized spacial score (nSPS) is 11.6. The summed E-state index contributed by atoms with van der Waals surface area (Å²) in [5.74, 6) is 0.984. The third-order valence-electron chi connectivity index (χ3n) is 5.08. The van der Waals surface area contributed by atoms with Gasteiger partial charge in [-0.05, 0) is 25.0 Å². The van der Waals surface area contributed by atoms with Crippen molar-refractivity contribution in [2.75, 3.05) is 33.8 Å². The molecule has 2 nitrogen and oxygen atoms in total. The minimum absolute atomic E-state index is 0.801. The Bertz CT molecular complexity index is 402. The molecule has 0 atom stereocenters. The molecule has 0 amide bonds. The number of likely N-dealkylation sites (N-methyl/N-ethyl adjacent to an activating group) is 1. The average Bonchev–Trinajstić information content (AvgIpc) is 2.60. The van der Waals surface area contributed by atoms with E-state index in [1.807, 2.05) is 30.3 Å². The van der Waals surface area contributed by atoms with E-state index >= 15 is 0 Å². The maximum absolute atomic E-state index is 5.83. The summed E-state index contributed by atoms with van der Waals surface area (Å²) in [6.07, 6.45) is 15.6. The Balaban J connectivity index is 1.92. The van der Waals surface area contributed by atoms with Crippen LogP contribution in [0.4, 0.5) is 0 Å². The number of unbranched alkanes of at least 4 members (excludes halogenated alkanes) is 10. The van der Waals surface area contributed by atoms with Crippen LogP contribution >= 0.6 is 0 Å². The highest BCUT2D eigenvalue weighted by Gasteiger charge is 2.14. The fraction of sp³-hybridized carbons (Fsp3) is 0.739. The van der Waals surface area contributed by atoms with Gasteiger partial charge in [-0.1, -0.05) is 82.9 Å². The van der Waals surface area contributed by atoms with E-state index in [2.05, 4.69) is 21.0 Å². The molecule has 0 radical (unpaired) electrons. The lowest BCUT2D eigenvalue weighted by atomic mass is 10.1. The van der Waals surface area contributed by atoms with Crippen molar-refractivity contribution in [1.82, 2.24) is 0 Å². The van der Waals surface area contributed by atoms with Crippen molar-refractivity contribution in [3.05, 3.63) is 30.3 Å². The zero-order valence-electron chi connectivity index (χ0n) is 17.1. The van der Waals surface area contributed by atoms with Crippen LogP contribution in [0, 0.1) is 0 Å². The summed E-state index contributed by atoms with van der Waals surface area (Å²) in [5, 5.41) is 0. The maximum Gasteiger partial charge on any atom is 0.137 e. The molecular weight excluding hydrogens is 306 g/mol. The fourth-order valence-corrected chi connectivity index (χ4v) is 3.24. The van der Waals surface area contributed by atoms with E-state index in [1.165, 1.54) is 77.2 Å². The van der Waals surface area contributed by atoms with Gasteiger partial charge in [0.1, 0.15) is 18.9 Å². The van der Waals surface area contributed by atoms with E-state index in [-0.39, 0.29) is 0 Å². The van der Waals surface area contributed by atoms with Crippen LogP contribution in [-0.2, 0) is 0 Å². The molecule has 144 valence electrons. The van der Waals surface area contributed by atoms with Crippen LogP contribution in [-0.4, -0.2) is 38.3 Å². The molecule has 0 saturated heterocycles. The first-order chi connectivity index (χ1) is 12.1. The van der Waals surface area contributed by atoms with Gasteiger partial charge in [0.15, 0.2) is 0 Å². The molecule has 2 heteroatoms. The third-order valence-corrected chi connectivity index (χ3v) is 5.08. The number of benzene rings is 1. The lowest BCUT2D eigenvalue weighted by Crippen LogP contribution is -2.43. The van der Waals surface area contributed by atoms with Gasteiger partial charge < -0.3 is 9.22 Å². The molecule has 0 saturated carbocycles. The maximum atomic E-state index is 5.83. The summed E-state index contributed by atoms with van der Waals surface area (Å²) in [7, 11) is 4.65. The number of ether oxygens (including phenoxy) is 1. The third kappa shape index (κ3) is 12.9. The van der Waals surface area contributed by atoms with E-state index in [4.69, 9.17) is 4.74 Å². The SMILES string of the molecule is CCCCCCCCCCCCC[N+](C)(C)CCOc1ccccc1. The van der Waals surface area contributed by atoms with Crippen LogP contribution in [0.2, 0.25) is 0 Å². The van der Waals surface area contributed by atoms with Crippen LogP contribution in [0.3, 0.4) is 0 Å². The Morgan fingerprint density at radius 2 is 1.20 bits per heavy atom. The molecule has 0 fully saturated rings. The summed E-state index contributed by atoms with van der Waals surface area (Å²) >= 11 is 0. The van der Waals surface area contributed by atoms with Crippen molar-refractivity contribution in [3.8, 4) is 5.75 Å². The van der Waals surface area contributed by atoms with Crippen molar-refractivity contribution in [2.24, 2.45) is 0 Å². The van der Waals surface area contributed by atoms with Gasteiger partial charge >= 0.3 is 0 Å². The highest BCUT2D eigenvalue weighted by molar-refractivity contribution is 5.20. The fourth-order valence-electron chi connectivity index (χ4n) is 3.24. The first-order valence-corrected chi connectivity index (χ1v) is 10.6. The smallest absolute Gasteiger partial charge is 0.137 e. The van der Waals surface area contributed by atoms with Crippen molar-refractivity contribution in [2.45, 2.75) is 77.6 Å². The molecular formula is C23H42NO+. The van der Waals surface area contributed by atoms with Gasteiger partial charge in [-0.15, -0.1) is 0 Å². The molecule has 0 aromatic heterocycles. The Labute approximate surface area is 157 Å². The summed E-state index contributed by atoms with van der Waals surface area (Å²) in [6.45, 7) is 5.42. The number of nitrogens with zero attached hydrogens (tertiary/aromatic N) is 1. The average molecular weight is 349 g/mol. The van der Waals surface area contributed by atoms with Gasteiger partial charge in [-0.2, -0.15) is 0 Å². The van der Waals surface area contributed by atoms with Gasteiger partial charge in [0.2, 0.25) is 0 Å². The molecule has 1 aromatic carbocycles. The lowest BCUT2D eigenvalue weighted by Gasteiger charge is -2.29. The second-order valence-corrected chi connectivity index (χ2v) is 8.08. The van der Waals surface area contributed by atoms with E-state index < -0.39 is 0 Å². The second-order valence-electron chi connectivity index (χ2n) is 8.08. The summed E-state index contributed by atoms with van der Waals surface area (Å²) in [6, 6.07) is 10.1.